The van der Waals surface area contributed by atoms with Crippen molar-refractivity contribution in [1.29, 1.82) is 0 Å². The molecule has 2 amide bonds. The van der Waals surface area contributed by atoms with Crippen LogP contribution in [0.4, 0.5) is 8.78 Å². The van der Waals surface area contributed by atoms with E-state index in [1.165, 1.54) is 16.2 Å². The predicted octanol–water partition coefficient (Wildman–Crippen LogP) is 2.93. The summed E-state index contributed by atoms with van der Waals surface area (Å²) in [5.41, 5.74) is -0.148. The minimum atomic E-state index is -0.868. The average Bonchev–Trinajstić information content (AvgIpc) is 3.00. The van der Waals surface area contributed by atoms with Crippen molar-refractivity contribution in [3.8, 4) is 0 Å². The van der Waals surface area contributed by atoms with Crippen molar-refractivity contribution in [1.82, 2.24) is 9.80 Å². The van der Waals surface area contributed by atoms with E-state index in [1.807, 2.05) is 13.0 Å². The first-order chi connectivity index (χ1) is 11.5. The van der Waals surface area contributed by atoms with Crippen LogP contribution >= 0.6 is 11.3 Å². The summed E-state index contributed by atoms with van der Waals surface area (Å²) in [7, 11) is 0. The van der Waals surface area contributed by atoms with E-state index in [0.29, 0.717) is 37.1 Å². The Morgan fingerprint density at radius 1 is 0.958 bits per heavy atom. The quantitative estimate of drug-likeness (QED) is 0.836. The minimum Gasteiger partial charge on any atom is -0.335 e. The van der Waals surface area contributed by atoms with E-state index in [9.17, 15) is 18.4 Å². The Kier molecular flexibility index (Phi) is 4.62. The molecular weight excluding hydrogens is 334 g/mol. The third-order valence-corrected chi connectivity index (χ3v) is 4.96. The van der Waals surface area contributed by atoms with Crippen molar-refractivity contribution in [3.05, 3.63) is 57.3 Å². The molecule has 1 aliphatic heterocycles. The number of hydrogen-bond donors (Lipinski definition) is 0. The molecule has 4 nitrogen and oxygen atoms in total. The second kappa shape index (κ2) is 6.68. The van der Waals surface area contributed by atoms with Gasteiger partial charge in [0.1, 0.15) is 11.6 Å². The van der Waals surface area contributed by atoms with Gasteiger partial charge in [0.15, 0.2) is 0 Å². The van der Waals surface area contributed by atoms with Crippen molar-refractivity contribution < 1.29 is 18.4 Å². The minimum absolute atomic E-state index is 0.0480. The Morgan fingerprint density at radius 2 is 1.58 bits per heavy atom. The first kappa shape index (κ1) is 16.6. The Balaban J connectivity index is 1.64. The summed E-state index contributed by atoms with van der Waals surface area (Å²) >= 11 is 1.44. The number of rotatable bonds is 2. The van der Waals surface area contributed by atoms with Gasteiger partial charge in [-0.1, -0.05) is 0 Å². The highest BCUT2D eigenvalue weighted by molar-refractivity contribution is 7.13. The van der Waals surface area contributed by atoms with E-state index in [4.69, 9.17) is 0 Å². The molecule has 1 saturated heterocycles. The molecule has 1 aromatic carbocycles. The fraction of sp³-hybridized carbons (Fsp3) is 0.294. The van der Waals surface area contributed by atoms with Gasteiger partial charge in [0.2, 0.25) is 0 Å². The van der Waals surface area contributed by atoms with E-state index < -0.39 is 17.5 Å². The highest BCUT2D eigenvalue weighted by Crippen LogP contribution is 2.19. The molecule has 7 heteroatoms. The maximum Gasteiger partial charge on any atom is 0.264 e. The van der Waals surface area contributed by atoms with E-state index in [-0.39, 0.29) is 11.5 Å². The number of carbonyl (C=O) groups excluding carboxylic acids is 2. The lowest BCUT2D eigenvalue weighted by atomic mass is 10.1. The van der Waals surface area contributed by atoms with Gasteiger partial charge in [0.05, 0.1) is 10.4 Å². The zero-order chi connectivity index (χ0) is 17.3. The zero-order valence-corrected chi connectivity index (χ0v) is 13.9. The summed E-state index contributed by atoms with van der Waals surface area (Å²) in [4.78, 5) is 29.6. The maximum atomic E-state index is 13.7. The van der Waals surface area contributed by atoms with Crippen molar-refractivity contribution >= 4 is 23.2 Å². The Hall–Kier alpha value is -2.28. The fourth-order valence-electron chi connectivity index (χ4n) is 2.65. The summed E-state index contributed by atoms with van der Waals surface area (Å²) in [6, 6.07) is 6.61. The normalized spacial score (nSPS) is 14.8. The van der Waals surface area contributed by atoms with Gasteiger partial charge in [-0.3, -0.25) is 9.59 Å². The smallest absolute Gasteiger partial charge is 0.264 e. The van der Waals surface area contributed by atoms with E-state index in [2.05, 4.69) is 0 Å². The van der Waals surface area contributed by atoms with Gasteiger partial charge in [-0.2, -0.15) is 0 Å². The van der Waals surface area contributed by atoms with Gasteiger partial charge in [0, 0.05) is 37.1 Å². The molecule has 126 valence electrons. The first-order valence-corrected chi connectivity index (χ1v) is 8.37. The number of thiophene rings is 1. The molecule has 2 aromatic rings. The molecule has 0 unspecified atom stereocenters. The number of benzene rings is 1. The van der Waals surface area contributed by atoms with E-state index in [0.717, 1.165) is 17.0 Å². The largest absolute Gasteiger partial charge is 0.335 e. The van der Waals surface area contributed by atoms with Gasteiger partial charge in [0.25, 0.3) is 11.8 Å². The highest BCUT2D eigenvalue weighted by atomic mass is 32.1. The van der Waals surface area contributed by atoms with Gasteiger partial charge in [-0.15, -0.1) is 11.3 Å². The van der Waals surface area contributed by atoms with Crippen LogP contribution < -0.4 is 0 Å². The highest BCUT2D eigenvalue weighted by Gasteiger charge is 2.27. The Bertz CT molecular complexity index is 783. The van der Waals surface area contributed by atoms with Crippen LogP contribution in [0, 0.1) is 18.6 Å². The first-order valence-electron chi connectivity index (χ1n) is 7.56. The van der Waals surface area contributed by atoms with Crippen molar-refractivity contribution in [2.75, 3.05) is 26.2 Å². The number of carbonyl (C=O) groups is 2. The van der Waals surface area contributed by atoms with Crippen LogP contribution in [0.3, 0.4) is 0 Å². The molecule has 3 rings (SSSR count). The predicted molar refractivity (Wildman–Crippen MR) is 87.2 cm³/mol. The molecule has 0 radical (unpaired) electrons. The van der Waals surface area contributed by atoms with Crippen LogP contribution in [0.1, 0.15) is 24.9 Å². The van der Waals surface area contributed by atoms with Crippen molar-refractivity contribution in [2.45, 2.75) is 6.92 Å². The van der Waals surface area contributed by atoms with Crippen molar-refractivity contribution in [3.63, 3.8) is 0 Å². The summed E-state index contributed by atoms with van der Waals surface area (Å²) in [5.74, 6) is -2.11. The number of piperazine rings is 1. The molecule has 0 spiro atoms. The van der Waals surface area contributed by atoms with Gasteiger partial charge in [-0.05, 0) is 31.2 Å². The molecule has 0 saturated carbocycles. The second-order valence-corrected chi connectivity index (χ2v) is 6.91. The third-order valence-electron chi connectivity index (χ3n) is 3.97. The third kappa shape index (κ3) is 3.31. The number of amides is 2. The van der Waals surface area contributed by atoms with Gasteiger partial charge in [-0.25, -0.2) is 8.78 Å². The lowest BCUT2D eigenvalue weighted by Gasteiger charge is -2.34. The molecule has 1 fully saturated rings. The lowest BCUT2D eigenvalue weighted by Crippen LogP contribution is -2.50. The Labute approximate surface area is 142 Å². The number of aryl methyl sites for hydroxylation is 1. The lowest BCUT2D eigenvalue weighted by molar-refractivity contribution is 0.0535. The zero-order valence-electron chi connectivity index (χ0n) is 13.1. The summed E-state index contributed by atoms with van der Waals surface area (Å²) in [6.07, 6.45) is 0. The van der Waals surface area contributed by atoms with Crippen LogP contribution in [-0.4, -0.2) is 47.8 Å². The molecule has 0 bridgehead atoms. The Morgan fingerprint density at radius 3 is 2.12 bits per heavy atom. The number of halogens is 2. The topological polar surface area (TPSA) is 40.6 Å². The van der Waals surface area contributed by atoms with Gasteiger partial charge >= 0.3 is 0 Å². The molecular formula is C17H16F2N2O2S. The average molecular weight is 350 g/mol. The van der Waals surface area contributed by atoms with E-state index >= 15 is 0 Å². The van der Waals surface area contributed by atoms with E-state index in [1.54, 1.807) is 11.0 Å². The monoisotopic (exact) mass is 350 g/mol. The van der Waals surface area contributed by atoms with Crippen molar-refractivity contribution in [2.24, 2.45) is 0 Å². The van der Waals surface area contributed by atoms with Crippen LogP contribution in [0.2, 0.25) is 0 Å². The molecule has 0 N–H and O–H groups in total. The number of nitrogens with zero attached hydrogens (tertiary/aromatic N) is 2. The summed E-state index contributed by atoms with van der Waals surface area (Å²) < 4.78 is 26.7. The molecule has 24 heavy (non-hydrogen) atoms. The summed E-state index contributed by atoms with van der Waals surface area (Å²) in [5, 5.41) is 0. The molecule has 1 aliphatic rings. The van der Waals surface area contributed by atoms with Crippen LogP contribution in [0.25, 0.3) is 0 Å². The molecule has 0 aliphatic carbocycles. The van der Waals surface area contributed by atoms with Crippen LogP contribution in [0.15, 0.2) is 30.3 Å². The standard InChI is InChI=1S/C17H16F2N2O2S/c1-11-2-5-15(24-11)17(23)21-8-6-20(7-9-21)16(22)13-4-3-12(18)10-14(13)19/h2-5,10H,6-9H2,1H3. The molecule has 1 aromatic heterocycles. The van der Waals surface area contributed by atoms with Crippen LogP contribution in [-0.2, 0) is 0 Å². The van der Waals surface area contributed by atoms with Gasteiger partial charge < -0.3 is 9.80 Å². The molecule has 0 atom stereocenters. The van der Waals surface area contributed by atoms with Crippen LogP contribution in [0.5, 0.6) is 0 Å². The second-order valence-electron chi connectivity index (χ2n) is 5.62. The fourth-order valence-corrected chi connectivity index (χ4v) is 3.49. The summed E-state index contributed by atoms with van der Waals surface area (Å²) in [6.45, 7) is 3.38. The number of hydrogen-bond acceptors (Lipinski definition) is 3. The SMILES string of the molecule is Cc1ccc(C(=O)N2CCN(C(=O)c3ccc(F)cc3F)CC2)s1. The molecule has 2 heterocycles. The maximum absolute atomic E-state index is 13.7.